The van der Waals surface area contributed by atoms with E-state index in [9.17, 15) is 9.59 Å². The van der Waals surface area contributed by atoms with Crippen molar-refractivity contribution in [1.29, 1.82) is 0 Å². The Hall–Kier alpha value is -1.69. The van der Waals surface area contributed by atoms with Gasteiger partial charge in [0.25, 0.3) is 5.56 Å². The number of hydrogen-bond donors (Lipinski definition) is 1. The fourth-order valence-electron chi connectivity index (χ4n) is 3.33. The Balaban J connectivity index is 1.99. The van der Waals surface area contributed by atoms with E-state index in [0.29, 0.717) is 6.54 Å². The number of rotatable bonds is 6. The molecule has 0 saturated heterocycles. The van der Waals surface area contributed by atoms with Crippen molar-refractivity contribution < 1.29 is 4.79 Å². The lowest BCUT2D eigenvalue weighted by Crippen LogP contribution is -2.42. The number of nitrogens with one attached hydrogen (secondary N) is 1. The van der Waals surface area contributed by atoms with Gasteiger partial charge in [0, 0.05) is 19.2 Å². The lowest BCUT2D eigenvalue weighted by atomic mass is 9.93. The zero-order valence-electron chi connectivity index (χ0n) is 15.4. The topological polar surface area (TPSA) is 67.2 Å². The van der Waals surface area contributed by atoms with Gasteiger partial charge in [-0.3, -0.25) is 9.59 Å². The van der Waals surface area contributed by atoms with Crippen molar-refractivity contribution in [3.63, 3.8) is 0 Å². The quantitative estimate of drug-likeness (QED) is 0.794. The van der Waals surface area contributed by atoms with Gasteiger partial charge in [-0.15, -0.1) is 0 Å². The van der Waals surface area contributed by atoms with Crippen molar-refractivity contribution in [2.45, 2.75) is 52.5 Å². The lowest BCUT2D eigenvalue weighted by Gasteiger charge is -2.28. The molecule has 24 heavy (non-hydrogen) atoms. The van der Waals surface area contributed by atoms with Gasteiger partial charge in [-0.05, 0) is 50.8 Å². The normalized spacial score (nSPS) is 15.0. The van der Waals surface area contributed by atoms with E-state index in [1.807, 2.05) is 14.1 Å². The summed E-state index contributed by atoms with van der Waals surface area (Å²) in [5.41, 5.74) is 1.83. The van der Waals surface area contributed by atoms with Gasteiger partial charge in [-0.2, -0.15) is 5.10 Å². The molecular weight excluding hydrogens is 304 g/mol. The minimum atomic E-state index is -0.182. The number of aromatic nitrogens is 2. The number of hydrogen-bond acceptors (Lipinski definition) is 4. The second-order valence-electron chi connectivity index (χ2n) is 7.85. The molecule has 1 amide bonds. The van der Waals surface area contributed by atoms with Gasteiger partial charge in [0.15, 0.2) is 0 Å². The third-order valence-electron chi connectivity index (χ3n) is 4.33. The zero-order valence-corrected chi connectivity index (χ0v) is 15.4. The van der Waals surface area contributed by atoms with Crippen LogP contribution >= 0.6 is 0 Å². The molecule has 1 heterocycles. The summed E-state index contributed by atoms with van der Waals surface area (Å²) < 4.78 is 1.30. The molecule has 0 aromatic carbocycles. The van der Waals surface area contributed by atoms with Crippen molar-refractivity contribution in [2.75, 3.05) is 27.2 Å². The Labute approximate surface area is 144 Å². The van der Waals surface area contributed by atoms with Crippen molar-refractivity contribution in [3.05, 3.63) is 27.7 Å². The first-order valence-electron chi connectivity index (χ1n) is 8.78. The van der Waals surface area contributed by atoms with Crippen LogP contribution in [0.25, 0.3) is 0 Å². The highest BCUT2D eigenvalue weighted by Crippen LogP contribution is 2.17. The minimum Gasteiger partial charge on any atom is -0.354 e. The van der Waals surface area contributed by atoms with Gasteiger partial charge in [-0.1, -0.05) is 20.3 Å². The van der Waals surface area contributed by atoms with Gasteiger partial charge < -0.3 is 10.2 Å². The Bertz CT molecular complexity index is 634. The monoisotopic (exact) mass is 334 g/mol. The summed E-state index contributed by atoms with van der Waals surface area (Å²) in [5, 5.41) is 7.37. The van der Waals surface area contributed by atoms with Crippen LogP contribution in [0.15, 0.2) is 10.9 Å². The van der Waals surface area contributed by atoms with Crippen LogP contribution in [0.2, 0.25) is 0 Å². The summed E-state index contributed by atoms with van der Waals surface area (Å²) >= 11 is 0. The summed E-state index contributed by atoms with van der Waals surface area (Å²) in [5.74, 6) is -0.162. The SMILES string of the molecule is CN(C)CC(C)(C)CNC(=O)Cn1nc2c(cc1=O)CCCCC2. The van der Waals surface area contributed by atoms with E-state index < -0.39 is 0 Å². The standard InChI is InChI=1S/C18H30N4O2/c1-18(2,13-21(3)4)12-19-16(23)11-22-17(24)10-14-8-6-5-7-9-15(14)20-22/h10H,5-9,11-13H2,1-4H3,(H,19,23). The highest BCUT2D eigenvalue weighted by atomic mass is 16.2. The molecule has 2 rings (SSSR count). The smallest absolute Gasteiger partial charge is 0.267 e. The number of fused-ring (bicyclic) bond motifs is 1. The van der Waals surface area contributed by atoms with Crippen molar-refractivity contribution >= 4 is 5.91 Å². The van der Waals surface area contributed by atoms with Crippen LogP contribution in [0, 0.1) is 5.41 Å². The maximum absolute atomic E-state index is 12.2. The molecule has 0 fully saturated rings. The summed E-state index contributed by atoms with van der Waals surface area (Å²) in [7, 11) is 4.03. The number of aryl methyl sites for hydroxylation is 2. The summed E-state index contributed by atoms with van der Waals surface area (Å²) in [4.78, 5) is 26.5. The van der Waals surface area contributed by atoms with Crippen LogP contribution in [-0.4, -0.2) is 47.8 Å². The average molecular weight is 334 g/mol. The maximum Gasteiger partial charge on any atom is 0.267 e. The molecule has 6 nitrogen and oxygen atoms in total. The lowest BCUT2D eigenvalue weighted by molar-refractivity contribution is -0.122. The Kier molecular flexibility index (Phi) is 6.15. The average Bonchev–Trinajstić information content (AvgIpc) is 2.69. The van der Waals surface area contributed by atoms with E-state index in [1.165, 1.54) is 11.1 Å². The molecule has 1 aromatic heterocycles. The van der Waals surface area contributed by atoms with E-state index in [4.69, 9.17) is 0 Å². The van der Waals surface area contributed by atoms with Crippen molar-refractivity contribution in [3.8, 4) is 0 Å². The fraction of sp³-hybridized carbons (Fsp3) is 0.722. The molecule has 0 spiro atoms. The molecule has 6 heteroatoms. The van der Waals surface area contributed by atoms with Crippen LogP contribution in [0.1, 0.15) is 44.4 Å². The zero-order chi connectivity index (χ0) is 17.7. The van der Waals surface area contributed by atoms with Gasteiger partial charge in [0.05, 0.1) is 5.69 Å². The highest BCUT2D eigenvalue weighted by Gasteiger charge is 2.20. The molecule has 0 aliphatic heterocycles. The number of carbonyl (C=O) groups is 1. The predicted octanol–water partition coefficient (Wildman–Crippen LogP) is 1.22. The minimum absolute atomic E-state index is 0.00976. The molecule has 0 radical (unpaired) electrons. The molecular formula is C18H30N4O2. The predicted molar refractivity (Wildman–Crippen MR) is 95.1 cm³/mol. The van der Waals surface area contributed by atoms with Crippen LogP contribution in [0.5, 0.6) is 0 Å². The first kappa shape index (κ1) is 18.6. The van der Waals surface area contributed by atoms with Gasteiger partial charge in [0.1, 0.15) is 6.54 Å². The van der Waals surface area contributed by atoms with Crippen LogP contribution < -0.4 is 10.9 Å². The molecule has 0 unspecified atom stereocenters. The van der Waals surface area contributed by atoms with E-state index >= 15 is 0 Å². The van der Waals surface area contributed by atoms with Gasteiger partial charge >= 0.3 is 0 Å². The third-order valence-corrected chi connectivity index (χ3v) is 4.33. The Morgan fingerprint density at radius 3 is 2.71 bits per heavy atom. The number of amides is 1. The van der Waals surface area contributed by atoms with E-state index in [0.717, 1.165) is 43.5 Å². The van der Waals surface area contributed by atoms with E-state index in [2.05, 4.69) is 29.2 Å². The van der Waals surface area contributed by atoms with Gasteiger partial charge in [0.2, 0.25) is 5.91 Å². The summed E-state index contributed by atoms with van der Waals surface area (Å²) in [6.45, 7) is 5.67. The van der Waals surface area contributed by atoms with Crippen molar-refractivity contribution in [1.82, 2.24) is 20.0 Å². The first-order valence-corrected chi connectivity index (χ1v) is 8.78. The molecule has 0 atom stereocenters. The maximum atomic E-state index is 12.2. The number of carbonyl (C=O) groups excluding carboxylic acids is 1. The van der Waals surface area contributed by atoms with Gasteiger partial charge in [-0.25, -0.2) is 4.68 Å². The second kappa shape index (κ2) is 7.92. The molecule has 1 aromatic rings. The molecule has 1 aliphatic rings. The summed E-state index contributed by atoms with van der Waals surface area (Å²) in [6, 6.07) is 1.66. The first-order chi connectivity index (χ1) is 11.3. The fourth-order valence-corrected chi connectivity index (χ4v) is 3.33. The van der Waals surface area contributed by atoms with Crippen LogP contribution in [-0.2, 0) is 24.2 Å². The summed E-state index contributed by atoms with van der Waals surface area (Å²) in [6.07, 6.45) is 5.20. The molecule has 1 aliphatic carbocycles. The largest absolute Gasteiger partial charge is 0.354 e. The molecule has 0 saturated carbocycles. The third kappa shape index (κ3) is 5.44. The van der Waals surface area contributed by atoms with E-state index in [1.54, 1.807) is 6.07 Å². The van der Waals surface area contributed by atoms with E-state index in [-0.39, 0.29) is 23.4 Å². The Morgan fingerprint density at radius 2 is 2.00 bits per heavy atom. The molecule has 1 N–H and O–H groups in total. The number of nitrogens with zero attached hydrogens (tertiary/aromatic N) is 3. The highest BCUT2D eigenvalue weighted by molar-refractivity contribution is 5.75. The van der Waals surface area contributed by atoms with Crippen LogP contribution in [0.4, 0.5) is 0 Å². The molecule has 134 valence electrons. The second-order valence-corrected chi connectivity index (χ2v) is 7.85. The van der Waals surface area contributed by atoms with Crippen LogP contribution in [0.3, 0.4) is 0 Å². The Morgan fingerprint density at radius 1 is 1.29 bits per heavy atom. The molecule has 0 bridgehead atoms. The van der Waals surface area contributed by atoms with Crippen molar-refractivity contribution in [2.24, 2.45) is 5.41 Å².